The summed E-state index contributed by atoms with van der Waals surface area (Å²) >= 11 is 0. The molecule has 2 aromatic rings. The number of carboxylic acid groups (broad SMARTS) is 1. The lowest BCUT2D eigenvalue weighted by Crippen LogP contribution is -2.10. The predicted molar refractivity (Wildman–Crippen MR) is 111 cm³/mol. The number of carbonyl (C=O) groups is 2. The van der Waals surface area contributed by atoms with Crippen molar-refractivity contribution in [3.63, 3.8) is 0 Å². The van der Waals surface area contributed by atoms with Crippen LogP contribution in [0.1, 0.15) is 35.3 Å². The second-order valence-corrected chi connectivity index (χ2v) is 6.81. The van der Waals surface area contributed by atoms with Gasteiger partial charge in [0.15, 0.2) is 23.9 Å². The summed E-state index contributed by atoms with van der Waals surface area (Å²) in [6, 6.07) is 8.43. The Hall–Kier alpha value is -3.48. The number of carboxylic acids is 1. The van der Waals surface area contributed by atoms with Crippen molar-refractivity contribution in [1.82, 2.24) is 0 Å². The minimum Gasteiger partial charge on any atom is -0.493 e. The first-order chi connectivity index (χ1) is 14.4. The van der Waals surface area contributed by atoms with E-state index in [1.807, 2.05) is 26.0 Å². The van der Waals surface area contributed by atoms with Crippen LogP contribution in [0.2, 0.25) is 0 Å². The topological polar surface area (TPSA) is 91.3 Å². The average molecular weight is 412 g/mol. The van der Waals surface area contributed by atoms with Gasteiger partial charge in [-0.1, -0.05) is 0 Å². The summed E-state index contributed by atoms with van der Waals surface area (Å²) in [6.45, 7) is 3.93. The van der Waals surface area contributed by atoms with Crippen LogP contribution in [-0.4, -0.2) is 43.3 Å². The van der Waals surface area contributed by atoms with E-state index >= 15 is 0 Å². The van der Waals surface area contributed by atoms with Crippen LogP contribution in [0.15, 0.2) is 36.4 Å². The van der Waals surface area contributed by atoms with Gasteiger partial charge in [0.2, 0.25) is 0 Å². The van der Waals surface area contributed by atoms with Crippen LogP contribution < -0.4 is 18.9 Å². The standard InChI is InChI=1S/C23H24O7/c1-4-28-20-12-17-9-14(2)30-21(17)11-16(20)5-7-18(24)15-6-8-19(22(10-15)27-3)29-13-23(25)26/h5-8,10-12,14H,4,9,13H2,1-3H3,(H,25,26)/b7-5+. The first-order valence-electron chi connectivity index (χ1n) is 9.62. The molecular weight excluding hydrogens is 388 g/mol. The Morgan fingerprint density at radius 3 is 2.67 bits per heavy atom. The van der Waals surface area contributed by atoms with Crippen molar-refractivity contribution in [1.29, 1.82) is 0 Å². The quantitative estimate of drug-likeness (QED) is 0.495. The zero-order valence-corrected chi connectivity index (χ0v) is 17.1. The summed E-state index contributed by atoms with van der Waals surface area (Å²) in [5.74, 6) is 0.704. The van der Waals surface area contributed by atoms with Gasteiger partial charge in [0.1, 0.15) is 17.6 Å². The third-order valence-electron chi connectivity index (χ3n) is 4.54. The molecular formula is C23H24O7. The van der Waals surface area contributed by atoms with Gasteiger partial charge in [-0.3, -0.25) is 4.79 Å². The van der Waals surface area contributed by atoms with Crippen LogP contribution in [0.4, 0.5) is 0 Å². The number of ketones is 1. The van der Waals surface area contributed by atoms with Crippen molar-refractivity contribution in [3.8, 4) is 23.0 Å². The van der Waals surface area contributed by atoms with Crippen molar-refractivity contribution in [2.45, 2.75) is 26.4 Å². The van der Waals surface area contributed by atoms with E-state index in [9.17, 15) is 9.59 Å². The molecule has 1 aliphatic rings. The lowest BCUT2D eigenvalue weighted by atomic mass is 10.0. The number of rotatable bonds is 9. The first kappa shape index (κ1) is 21.2. The molecule has 1 N–H and O–H groups in total. The van der Waals surface area contributed by atoms with Gasteiger partial charge in [0.25, 0.3) is 0 Å². The Morgan fingerprint density at radius 1 is 1.17 bits per heavy atom. The number of carbonyl (C=O) groups excluding carboxylic acids is 1. The Labute approximate surface area is 174 Å². The fraction of sp³-hybridized carbons (Fsp3) is 0.304. The highest BCUT2D eigenvalue weighted by Gasteiger charge is 2.21. The minimum absolute atomic E-state index is 0.115. The average Bonchev–Trinajstić information content (AvgIpc) is 3.09. The van der Waals surface area contributed by atoms with Gasteiger partial charge in [0, 0.05) is 23.1 Å². The highest BCUT2D eigenvalue weighted by Crippen LogP contribution is 2.36. The lowest BCUT2D eigenvalue weighted by Gasteiger charge is -2.11. The molecule has 0 saturated heterocycles. The number of hydrogen-bond donors (Lipinski definition) is 1. The van der Waals surface area contributed by atoms with Gasteiger partial charge in [-0.25, -0.2) is 4.79 Å². The highest BCUT2D eigenvalue weighted by atomic mass is 16.5. The predicted octanol–water partition coefficient (Wildman–Crippen LogP) is 3.78. The van der Waals surface area contributed by atoms with Crippen LogP contribution in [0, 0.1) is 0 Å². The van der Waals surface area contributed by atoms with Gasteiger partial charge in [0.05, 0.1) is 13.7 Å². The molecule has 7 heteroatoms. The maximum atomic E-state index is 12.7. The van der Waals surface area contributed by atoms with Crippen LogP contribution in [0.3, 0.4) is 0 Å². The Balaban J connectivity index is 1.82. The van der Waals surface area contributed by atoms with E-state index in [2.05, 4.69) is 0 Å². The zero-order valence-electron chi connectivity index (χ0n) is 17.1. The zero-order chi connectivity index (χ0) is 21.7. The molecule has 0 radical (unpaired) electrons. The fourth-order valence-corrected chi connectivity index (χ4v) is 3.21. The lowest BCUT2D eigenvalue weighted by molar-refractivity contribution is -0.139. The third kappa shape index (κ3) is 4.92. The molecule has 1 atom stereocenters. The van der Waals surface area contributed by atoms with Crippen molar-refractivity contribution in [2.75, 3.05) is 20.3 Å². The molecule has 0 amide bonds. The second-order valence-electron chi connectivity index (χ2n) is 6.81. The molecule has 0 fully saturated rings. The van der Waals surface area contributed by atoms with Crippen LogP contribution in [0.5, 0.6) is 23.0 Å². The molecule has 1 heterocycles. The number of allylic oxidation sites excluding steroid dienone is 1. The van der Waals surface area contributed by atoms with E-state index < -0.39 is 12.6 Å². The number of fused-ring (bicyclic) bond motifs is 1. The molecule has 0 bridgehead atoms. The SMILES string of the molecule is CCOc1cc2c(cc1/C=C/C(=O)c1ccc(OCC(=O)O)c(OC)c1)OC(C)C2. The third-order valence-corrected chi connectivity index (χ3v) is 4.54. The molecule has 1 unspecified atom stereocenters. The van der Waals surface area contributed by atoms with Crippen molar-refractivity contribution in [2.24, 2.45) is 0 Å². The molecule has 0 saturated carbocycles. The number of methoxy groups -OCH3 is 1. The summed E-state index contributed by atoms with van der Waals surface area (Å²) in [7, 11) is 1.42. The molecule has 7 nitrogen and oxygen atoms in total. The number of benzene rings is 2. The summed E-state index contributed by atoms with van der Waals surface area (Å²) in [4.78, 5) is 23.4. The molecule has 2 aromatic carbocycles. The molecule has 0 spiro atoms. The summed E-state index contributed by atoms with van der Waals surface area (Å²) in [6.07, 6.45) is 4.09. The van der Waals surface area contributed by atoms with Gasteiger partial charge in [-0.15, -0.1) is 0 Å². The monoisotopic (exact) mass is 412 g/mol. The molecule has 158 valence electrons. The van der Waals surface area contributed by atoms with E-state index in [-0.39, 0.29) is 23.4 Å². The summed E-state index contributed by atoms with van der Waals surface area (Å²) in [5.41, 5.74) is 2.23. The molecule has 3 rings (SSSR count). The van der Waals surface area contributed by atoms with Gasteiger partial charge < -0.3 is 24.1 Å². The molecule has 0 aliphatic carbocycles. The van der Waals surface area contributed by atoms with Gasteiger partial charge in [-0.05, 0) is 56.3 Å². The fourth-order valence-electron chi connectivity index (χ4n) is 3.21. The number of aliphatic carboxylic acids is 1. The Bertz CT molecular complexity index is 978. The molecule has 0 aromatic heterocycles. The first-order valence-corrected chi connectivity index (χ1v) is 9.62. The highest BCUT2D eigenvalue weighted by molar-refractivity contribution is 6.07. The van der Waals surface area contributed by atoms with E-state index in [0.717, 1.165) is 23.3 Å². The largest absolute Gasteiger partial charge is 0.493 e. The van der Waals surface area contributed by atoms with E-state index in [1.54, 1.807) is 12.1 Å². The number of ether oxygens (including phenoxy) is 4. The summed E-state index contributed by atoms with van der Waals surface area (Å²) in [5, 5.41) is 8.74. The Morgan fingerprint density at radius 2 is 1.97 bits per heavy atom. The minimum atomic E-state index is -1.10. The van der Waals surface area contributed by atoms with Crippen molar-refractivity contribution in [3.05, 3.63) is 53.1 Å². The number of hydrogen-bond acceptors (Lipinski definition) is 6. The van der Waals surface area contributed by atoms with Crippen LogP contribution in [0.25, 0.3) is 6.08 Å². The normalized spacial score (nSPS) is 14.8. The maximum Gasteiger partial charge on any atom is 0.341 e. The van der Waals surface area contributed by atoms with Crippen LogP contribution in [-0.2, 0) is 11.2 Å². The maximum absolute atomic E-state index is 12.7. The molecule has 1 aliphatic heterocycles. The summed E-state index contributed by atoms with van der Waals surface area (Å²) < 4.78 is 21.9. The van der Waals surface area contributed by atoms with E-state index in [0.29, 0.717) is 17.9 Å². The Kier molecular flexibility index (Phi) is 6.61. The van der Waals surface area contributed by atoms with Gasteiger partial charge >= 0.3 is 5.97 Å². The van der Waals surface area contributed by atoms with E-state index in [1.165, 1.54) is 25.3 Å². The van der Waals surface area contributed by atoms with Crippen molar-refractivity contribution >= 4 is 17.8 Å². The van der Waals surface area contributed by atoms with Crippen LogP contribution >= 0.6 is 0 Å². The smallest absolute Gasteiger partial charge is 0.341 e. The van der Waals surface area contributed by atoms with E-state index in [4.69, 9.17) is 24.1 Å². The molecule has 30 heavy (non-hydrogen) atoms. The van der Waals surface area contributed by atoms with Gasteiger partial charge in [-0.2, -0.15) is 0 Å². The van der Waals surface area contributed by atoms with Crippen molar-refractivity contribution < 1.29 is 33.6 Å². The second kappa shape index (κ2) is 9.35.